The predicted molar refractivity (Wildman–Crippen MR) is 129 cm³/mol. The number of nitro groups is 1. The lowest BCUT2D eigenvalue weighted by Crippen LogP contribution is -2.25. The van der Waals surface area contributed by atoms with Crippen molar-refractivity contribution in [3.05, 3.63) is 62.0 Å². The molecule has 0 aliphatic rings. The molecule has 0 fully saturated rings. The number of benzene rings is 1. The molecule has 0 atom stereocenters. The van der Waals surface area contributed by atoms with E-state index in [0.717, 1.165) is 24.8 Å². The number of non-ortho nitro benzene ring substituents is 1. The Hall–Kier alpha value is -3.42. The van der Waals surface area contributed by atoms with E-state index >= 15 is 0 Å². The smallest absolute Gasteiger partial charge is 0.308 e. The molecule has 2 rings (SSSR count). The highest BCUT2D eigenvalue weighted by molar-refractivity contribution is 5.90. The summed E-state index contributed by atoms with van der Waals surface area (Å²) in [5, 5.41) is 11.8. The number of nitro benzene ring substituents is 1. The SMILES string of the molecule is CCCCn1c(=O)c(OC(C)=O)c(OCC=C(C)CCC=C(C)C)c2ccc([N+](=O)[O-])cc21. The number of allylic oxidation sites excluding steroid dienone is 3. The Morgan fingerprint density at radius 1 is 1.15 bits per heavy atom. The van der Waals surface area contributed by atoms with Gasteiger partial charge in [-0.25, -0.2) is 0 Å². The van der Waals surface area contributed by atoms with Gasteiger partial charge < -0.3 is 14.0 Å². The largest absolute Gasteiger partial charge is 0.485 e. The number of esters is 1. The van der Waals surface area contributed by atoms with Gasteiger partial charge in [-0.1, -0.05) is 30.6 Å². The molecule has 1 aromatic carbocycles. The third-order valence-corrected chi connectivity index (χ3v) is 5.10. The van der Waals surface area contributed by atoms with E-state index in [1.807, 2.05) is 19.9 Å². The van der Waals surface area contributed by atoms with Crippen LogP contribution < -0.4 is 15.0 Å². The number of hydrogen-bond donors (Lipinski definition) is 0. The minimum absolute atomic E-state index is 0.112. The molecule has 0 bridgehead atoms. The van der Waals surface area contributed by atoms with Gasteiger partial charge in [0.05, 0.1) is 10.4 Å². The first-order chi connectivity index (χ1) is 15.6. The molecule has 1 aromatic heterocycles. The van der Waals surface area contributed by atoms with Crippen molar-refractivity contribution in [1.82, 2.24) is 4.57 Å². The second-order valence-electron chi connectivity index (χ2n) is 8.20. The van der Waals surface area contributed by atoms with Crippen molar-refractivity contribution in [2.75, 3.05) is 6.61 Å². The summed E-state index contributed by atoms with van der Waals surface area (Å²) in [6.45, 7) is 9.80. The molecular formula is C25H32N2O6. The highest BCUT2D eigenvalue weighted by atomic mass is 16.6. The molecule has 33 heavy (non-hydrogen) atoms. The van der Waals surface area contributed by atoms with Gasteiger partial charge >= 0.3 is 5.97 Å². The number of fused-ring (bicyclic) bond motifs is 1. The molecule has 0 aliphatic heterocycles. The van der Waals surface area contributed by atoms with Crippen molar-refractivity contribution >= 4 is 22.6 Å². The molecular weight excluding hydrogens is 424 g/mol. The van der Waals surface area contributed by atoms with Crippen LogP contribution in [0.15, 0.2) is 46.3 Å². The van der Waals surface area contributed by atoms with E-state index in [0.29, 0.717) is 23.9 Å². The Balaban J connectivity index is 2.56. The fraction of sp³-hybridized carbons (Fsp3) is 0.440. The van der Waals surface area contributed by atoms with Gasteiger partial charge in [0.1, 0.15) is 6.61 Å². The minimum Gasteiger partial charge on any atom is -0.485 e. The summed E-state index contributed by atoms with van der Waals surface area (Å²) in [6.07, 6.45) is 7.37. The number of hydrogen-bond acceptors (Lipinski definition) is 6. The molecule has 0 spiro atoms. The summed E-state index contributed by atoms with van der Waals surface area (Å²) in [5.74, 6) is -0.731. The Labute approximate surface area is 193 Å². The van der Waals surface area contributed by atoms with Gasteiger partial charge in [0.2, 0.25) is 5.75 Å². The van der Waals surface area contributed by atoms with Crippen LogP contribution >= 0.6 is 0 Å². The molecule has 2 aromatic rings. The summed E-state index contributed by atoms with van der Waals surface area (Å²) >= 11 is 0. The van der Waals surface area contributed by atoms with Gasteiger partial charge in [-0.05, 0) is 52.2 Å². The van der Waals surface area contributed by atoms with Crippen LogP contribution in [0.5, 0.6) is 11.5 Å². The maximum absolute atomic E-state index is 13.2. The number of aryl methyl sites for hydroxylation is 1. The van der Waals surface area contributed by atoms with Gasteiger partial charge in [0, 0.05) is 31.0 Å². The van der Waals surface area contributed by atoms with Crippen LogP contribution in [0.4, 0.5) is 5.69 Å². The number of nitrogens with zero attached hydrogens (tertiary/aromatic N) is 2. The number of unbranched alkanes of at least 4 members (excludes halogenated alkanes) is 1. The van der Waals surface area contributed by atoms with Crippen LogP contribution in [0.25, 0.3) is 10.9 Å². The standard InChI is InChI=1S/C25H32N2O6/c1-6-7-14-26-22-16-20(27(30)31)11-12-21(22)23(24(25(26)29)33-19(5)28)32-15-13-18(4)10-8-9-17(2)3/h9,11-13,16H,6-8,10,14-15H2,1-5H3. The Bertz CT molecular complexity index is 1140. The third kappa shape index (κ3) is 7.03. The van der Waals surface area contributed by atoms with E-state index in [4.69, 9.17) is 9.47 Å². The second-order valence-corrected chi connectivity index (χ2v) is 8.20. The van der Waals surface area contributed by atoms with E-state index in [2.05, 4.69) is 19.9 Å². The number of carbonyl (C=O) groups is 1. The van der Waals surface area contributed by atoms with Gasteiger partial charge in [-0.3, -0.25) is 19.7 Å². The topological polar surface area (TPSA) is 101 Å². The van der Waals surface area contributed by atoms with E-state index in [1.54, 1.807) is 0 Å². The zero-order valence-corrected chi connectivity index (χ0v) is 20.0. The molecule has 0 amide bonds. The predicted octanol–water partition coefficient (Wildman–Crippen LogP) is 5.71. The van der Waals surface area contributed by atoms with E-state index < -0.39 is 16.5 Å². The first-order valence-corrected chi connectivity index (χ1v) is 11.1. The number of rotatable bonds is 11. The molecule has 8 nitrogen and oxygen atoms in total. The van der Waals surface area contributed by atoms with Crippen molar-refractivity contribution in [2.45, 2.75) is 66.8 Å². The van der Waals surface area contributed by atoms with Crippen LogP contribution in [-0.2, 0) is 11.3 Å². The summed E-state index contributed by atoms with van der Waals surface area (Å²) < 4.78 is 12.6. The Morgan fingerprint density at radius 3 is 2.48 bits per heavy atom. The average molecular weight is 457 g/mol. The zero-order valence-electron chi connectivity index (χ0n) is 20.0. The summed E-state index contributed by atoms with van der Waals surface area (Å²) in [4.78, 5) is 35.8. The van der Waals surface area contributed by atoms with Crippen molar-refractivity contribution in [3.8, 4) is 11.5 Å². The molecule has 0 radical (unpaired) electrons. The molecule has 0 aliphatic carbocycles. The maximum atomic E-state index is 13.2. The molecule has 0 saturated heterocycles. The highest BCUT2D eigenvalue weighted by Gasteiger charge is 2.22. The van der Waals surface area contributed by atoms with Crippen molar-refractivity contribution < 1.29 is 19.2 Å². The van der Waals surface area contributed by atoms with Gasteiger partial charge in [0.15, 0.2) is 5.75 Å². The quantitative estimate of drug-likeness (QED) is 0.186. The molecule has 1 heterocycles. The minimum atomic E-state index is -0.645. The number of ether oxygens (including phenoxy) is 2. The summed E-state index contributed by atoms with van der Waals surface area (Å²) in [5.41, 5.74) is 2.07. The lowest BCUT2D eigenvalue weighted by atomic mass is 10.1. The number of aromatic nitrogens is 1. The number of pyridine rings is 1. The van der Waals surface area contributed by atoms with Gasteiger partial charge in [-0.15, -0.1) is 0 Å². The van der Waals surface area contributed by atoms with Crippen LogP contribution in [-0.4, -0.2) is 22.1 Å². The van der Waals surface area contributed by atoms with E-state index in [9.17, 15) is 19.7 Å². The van der Waals surface area contributed by atoms with Crippen molar-refractivity contribution in [3.63, 3.8) is 0 Å². The fourth-order valence-corrected chi connectivity index (χ4v) is 3.37. The normalized spacial score (nSPS) is 11.4. The summed E-state index contributed by atoms with van der Waals surface area (Å²) in [6, 6.07) is 4.24. The van der Waals surface area contributed by atoms with Crippen LogP contribution in [0.3, 0.4) is 0 Å². The van der Waals surface area contributed by atoms with Crippen LogP contribution in [0.1, 0.15) is 60.3 Å². The molecule has 0 unspecified atom stereocenters. The summed E-state index contributed by atoms with van der Waals surface area (Å²) in [7, 11) is 0. The lowest BCUT2D eigenvalue weighted by Gasteiger charge is -2.17. The highest BCUT2D eigenvalue weighted by Crippen LogP contribution is 2.35. The van der Waals surface area contributed by atoms with E-state index in [1.165, 1.54) is 35.3 Å². The van der Waals surface area contributed by atoms with Crippen molar-refractivity contribution in [1.29, 1.82) is 0 Å². The first kappa shape index (κ1) is 25.8. The monoisotopic (exact) mass is 456 g/mol. The zero-order chi connectivity index (χ0) is 24.5. The maximum Gasteiger partial charge on any atom is 0.308 e. The Morgan fingerprint density at radius 2 is 1.88 bits per heavy atom. The number of carbonyl (C=O) groups excluding carboxylic acids is 1. The van der Waals surface area contributed by atoms with Crippen LogP contribution in [0, 0.1) is 10.1 Å². The molecule has 8 heteroatoms. The van der Waals surface area contributed by atoms with Crippen LogP contribution in [0.2, 0.25) is 0 Å². The average Bonchev–Trinajstić information content (AvgIpc) is 2.74. The van der Waals surface area contributed by atoms with E-state index in [-0.39, 0.29) is 23.8 Å². The molecule has 0 saturated carbocycles. The fourth-order valence-electron chi connectivity index (χ4n) is 3.37. The molecule has 0 N–H and O–H groups in total. The molecule has 178 valence electrons. The van der Waals surface area contributed by atoms with Crippen molar-refractivity contribution in [2.24, 2.45) is 0 Å². The third-order valence-electron chi connectivity index (χ3n) is 5.10. The first-order valence-electron chi connectivity index (χ1n) is 11.1. The lowest BCUT2D eigenvalue weighted by molar-refractivity contribution is -0.384. The van der Waals surface area contributed by atoms with Gasteiger partial charge in [-0.2, -0.15) is 0 Å². The van der Waals surface area contributed by atoms with Gasteiger partial charge in [0.25, 0.3) is 11.2 Å². The second kappa shape index (κ2) is 12.0. The Kier molecular flexibility index (Phi) is 9.39.